The van der Waals surface area contributed by atoms with E-state index in [4.69, 9.17) is 19.4 Å². The van der Waals surface area contributed by atoms with E-state index in [1.54, 1.807) is 18.4 Å². The number of nitrogens with zero attached hydrogens (tertiary/aromatic N) is 3. The van der Waals surface area contributed by atoms with Crippen molar-refractivity contribution in [2.75, 3.05) is 38.7 Å². The highest BCUT2D eigenvalue weighted by Crippen LogP contribution is 2.36. The molecule has 4 rings (SSSR count). The van der Waals surface area contributed by atoms with E-state index in [1.165, 1.54) is 10.4 Å². The molecular formula is C22H28N4O2S. The Morgan fingerprint density at radius 2 is 1.97 bits per heavy atom. The smallest absolute Gasteiger partial charge is 0.146 e. The molecule has 1 aromatic carbocycles. The lowest BCUT2D eigenvalue weighted by molar-refractivity contribution is 0.0331. The Hall–Kier alpha value is -2.22. The number of anilines is 1. The fraction of sp³-hybridized carbons (Fsp3) is 0.455. The lowest BCUT2D eigenvalue weighted by atomic mass is 10.1. The number of benzene rings is 1. The maximum atomic E-state index is 5.55. The van der Waals surface area contributed by atoms with Crippen LogP contribution in [0.5, 0.6) is 5.75 Å². The Bertz CT molecular complexity index is 998. The zero-order chi connectivity index (χ0) is 20.4. The topological polar surface area (TPSA) is 59.5 Å². The molecule has 1 aliphatic heterocycles. The molecule has 1 atom stereocenters. The minimum atomic E-state index is 0.0556. The van der Waals surface area contributed by atoms with Crippen molar-refractivity contribution in [2.45, 2.75) is 33.4 Å². The van der Waals surface area contributed by atoms with Gasteiger partial charge in [-0.2, -0.15) is 0 Å². The van der Waals surface area contributed by atoms with E-state index in [9.17, 15) is 0 Å². The first-order valence-electron chi connectivity index (χ1n) is 10.0. The van der Waals surface area contributed by atoms with Crippen molar-refractivity contribution in [1.82, 2.24) is 14.9 Å². The summed E-state index contributed by atoms with van der Waals surface area (Å²) < 4.78 is 11.0. The molecule has 0 amide bonds. The summed E-state index contributed by atoms with van der Waals surface area (Å²) in [6.07, 6.45) is 0. The number of ether oxygens (including phenoxy) is 2. The molecule has 1 N–H and O–H groups in total. The lowest BCUT2D eigenvalue weighted by Gasteiger charge is -2.26. The van der Waals surface area contributed by atoms with Crippen LogP contribution in [-0.2, 0) is 11.3 Å². The summed E-state index contributed by atoms with van der Waals surface area (Å²) in [6.45, 7) is 10.6. The fourth-order valence-electron chi connectivity index (χ4n) is 3.74. The van der Waals surface area contributed by atoms with Crippen LogP contribution in [0.2, 0.25) is 0 Å². The van der Waals surface area contributed by atoms with E-state index < -0.39 is 0 Å². The first kappa shape index (κ1) is 20.1. The van der Waals surface area contributed by atoms with Gasteiger partial charge < -0.3 is 14.8 Å². The van der Waals surface area contributed by atoms with Crippen LogP contribution < -0.4 is 10.1 Å². The van der Waals surface area contributed by atoms with Crippen molar-refractivity contribution in [2.24, 2.45) is 0 Å². The molecule has 1 saturated heterocycles. The van der Waals surface area contributed by atoms with Crippen molar-refractivity contribution in [1.29, 1.82) is 0 Å². The molecule has 1 aliphatic rings. The maximum absolute atomic E-state index is 5.55. The second-order valence-corrected chi connectivity index (χ2v) is 8.65. The van der Waals surface area contributed by atoms with Crippen molar-refractivity contribution in [3.8, 4) is 5.75 Å². The number of para-hydroxylation sites is 1. The van der Waals surface area contributed by atoms with Crippen LogP contribution in [0.3, 0.4) is 0 Å². The van der Waals surface area contributed by atoms with Crippen LogP contribution in [0.4, 0.5) is 5.82 Å². The second-order valence-electron chi connectivity index (χ2n) is 7.45. The first-order chi connectivity index (χ1) is 14.1. The number of aryl methyl sites for hydroxylation is 2. The van der Waals surface area contributed by atoms with Crippen LogP contribution in [0, 0.1) is 13.8 Å². The quantitative estimate of drug-likeness (QED) is 0.651. The molecule has 154 valence electrons. The third-order valence-electron chi connectivity index (χ3n) is 5.50. The van der Waals surface area contributed by atoms with Crippen LogP contribution in [0.25, 0.3) is 10.2 Å². The van der Waals surface area contributed by atoms with Gasteiger partial charge in [0.05, 0.1) is 38.3 Å². The Balaban J connectivity index is 1.69. The molecule has 0 bridgehead atoms. The molecule has 0 radical (unpaired) electrons. The monoisotopic (exact) mass is 412 g/mol. The highest BCUT2D eigenvalue weighted by Gasteiger charge is 2.20. The van der Waals surface area contributed by atoms with Gasteiger partial charge in [-0.1, -0.05) is 18.2 Å². The summed E-state index contributed by atoms with van der Waals surface area (Å²) in [5, 5.41) is 4.77. The number of morpholine rings is 1. The summed E-state index contributed by atoms with van der Waals surface area (Å²) >= 11 is 1.74. The Morgan fingerprint density at radius 3 is 2.72 bits per heavy atom. The third kappa shape index (κ3) is 4.22. The predicted molar refractivity (Wildman–Crippen MR) is 118 cm³/mol. The maximum Gasteiger partial charge on any atom is 0.146 e. The number of thiophene rings is 1. The molecule has 1 fully saturated rings. The van der Waals surface area contributed by atoms with Gasteiger partial charge in [-0.05, 0) is 32.4 Å². The van der Waals surface area contributed by atoms with Crippen molar-refractivity contribution in [3.63, 3.8) is 0 Å². The van der Waals surface area contributed by atoms with Crippen LogP contribution in [0.1, 0.15) is 34.8 Å². The SMILES string of the molecule is COc1ccccc1[C@H](C)Nc1nc(CN2CCOCC2)nc2sc(C)c(C)c12. The summed E-state index contributed by atoms with van der Waals surface area (Å²) in [6, 6.07) is 8.17. The Kier molecular flexibility index (Phi) is 5.99. The van der Waals surface area contributed by atoms with Crippen LogP contribution >= 0.6 is 11.3 Å². The highest BCUT2D eigenvalue weighted by molar-refractivity contribution is 7.18. The number of hydrogen-bond acceptors (Lipinski definition) is 7. The van der Waals surface area contributed by atoms with E-state index in [2.05, 4.69) is 37.1 Å². The van der Waals surface area contributed by atoms with Gasteiger partial charge in [-0.3, -0.25) is 4.90 Å². The van der Waals surface area contributed by atoms with Gasteiger partial charge in [-0.15, -0.1) is 11.3 Å². The zero-order valence-corrected chi connectivity index (χ0v) is 18.3. The van der Waals surface area contributed by atoms with Crippen LogP contribution in [-0.4, -0.2) is 48.3 Å². The normalized spacial score (nSPS) is 16.1. The molecule has 6 nitrogen and oxygen atoms in total. The van der Waals surface area contributed by atoms with Gasteiger partial charge in [0.2, 0.25) is 0 Å². The number of methoxy groups -OCH3 is 1. The molecular weight excluding hydrogens is 384 g/mol. The second kappa shape index (κ2) is 8.65. The number of rotatable bonds is 6. The molecule has 0 spiro atoms. The van der Waals surface area contributed by atoms with E-state index in [0.717, 1.165) is 66.0 Å². The summed E-state index contributed by atoms with van der Waals surface area (Å²) in [7, 11) is 1.71. The number of fused-ring (bicyclic) bond motifs is 1. The Morgan fingerprint density at radius 1 is 1.21 bits per heavy atom. The average Bonchev–Trinajstić information content (AvgIpc) is 3.02. The fourth-order valence-corrected chi connectivity index (χ4v) is 4.78. The number of aromatic nitrogens is 2. The minimum absolute atomic E-state index is 0.0556. The lowest BCUT2D eigenvalue weighted by Crippen LogP contribution is -2.36. The van der Waals surface area contributed by atoms with Gasteiger partial charge in [0.1, 0.15) is 22.2 Å². The van der Waals surface area contributed by atoms with Gasteiger partial charge in [0.15, 0.2) is 0 Å². The standard InChI is InChI=1S/C22H28N4O2S/c1-14-16(3)29-22-20(14)21(23-15(2)17-7-5-6-8-18(17)27-4)24-19(25-22)13-26-9-11-28-12-10-26/h5-8,15H,9-13H2,1-4H3,(H,23,24,25)/t15-/m0/s1. The molecule has 3 heterocycles. The van der Waals surface area contributed by atoms with Crippen molar-refractivity contribution in [3.05, 3.63) is 46.1 Å². The van der Waals surface area contributed by atoms with E-state index in [1.807, 2.05) is 18.2 Å². The number of hydrogen-bond donors (Lipinski definition) is 1. The molecule has 3 aromatic rings. The largest absolute Gasteiger partial charge is 0.496 e. The highest BCUT2D eigenvalue weighted by atomic mass is 32.1. The molecule has 29 heavy (non-hydrogen) atoms. The molecule has 0 unspecified atom stereocenters. The van der Waals surface area contributed by atoms with E-state index in [0.29, 0.717) is 0 Å². The van der Waals surface area contributed by atoms with Crippen molar-refractivity contribution >= 4 is 27.4 Å². The Labute approximate surface area is 175 Å². The molecule has 2 aromatic heterocycles. The third-order valence-corrected chi connectivity index (χ3v) is 6.60. The van der Waals surface area contributed by atoms with Gasteiger partial charge in [-0.25, -0.2) is 9.97 Å². The summed E-state index contributed by atoms with van der Waals surface area (Å²) in [4.78, 5) is 14.5. The average molecular weight is 413 g/mol. The van der Waals surface area contributed by atoms with E-state index in [-0.39, 0.29) is 6.04 Å². The summed E-state index contributed by atoms with van der Waals surface area (Å²) in [5.74, 6) is 2.64. The molecule has 7 heteroatoms. The van der Waals surface area contributed by atoms with Gasteiger partial charge in [0, 0.05) is 23.5 Å². The van der Waals surface area contributed by atoms with Crippen molar-refractivity contribution < 1.29 is 9.47 Å². The first-order valence-corrected chi connectivity index (χ1v) is 10.8. The molecule has 0 saturated carbocycles. The number of nitrogens with one attached hydrogen (secondary N) is 1. The molecule has 0 aliphatic carbocycles. The predicted octanol–water partition coefficient (Wildman–Crippen LogP) is 4.32. The van der Waals surface area contributed by atoms with Gasteiger partial charge in [0.25, 0.3) is 0 Å². The zero-order valence-electron chi connectivity index (χ0n) is 17.5. The minimum Gasteiger partial charge on any atom is -0.496 e. The van der Waals surface area contributed by atoms with Crippen LogP contribution in [0.15, 0.2) is 24.3 Å². The van der Waals surface area contributed by atoms with E-state index >= 15 is 0 Å². The van der Waals surface area contributed by atoms with Gasteiger partial charge >= 0.3 is 0 Å². The summed E-state index contributed by atoms with van der Waals surface area (Å²) in [5.41, 5.74) is 2.36.